The van der Waals surface area contributed by atoms with Crippen LogP contribution < -0.4 is 10.0 Å². The third-order valence-electron chi connectivity index (χ3n) is 6.97. The molecule has 10 nitrogen and oxygen atoms in total. The zero-order chi connectivity index (χ0) is 32.1. The van der Waals surface area contributed by atoms with Crippen molar-refractivity contribution in [1.82, 2.24) is 20.0 Å². The summed E-state index contributed by atoms with van der Waals surface area (Å²) in [5.41, 5.74) is 4.26. The van der Waals surface area contributed by atoms with Gasteiger partial charge in [-0.05, 0) is 41.2 Å². The van der Waals surface area contributed by atoms with Gasteiger partial charge in [-0.1, -0.05) is 73.7 Å². The van der Waals surface area contributed by atoms with Crippen LogP contribution in [0.25, 0.3) is 11.0 Å². The molecule has 3 atom stereocenters. The van der Waals surface area contributed by atoms with Crippen molar-refractivity contribution in [2.75, 3.05) is 0 Å². The van der Waals surface area contributed by atoms with Crippen LogP contribution in [0.1, 0.15) is 59.5 Å². The quantitative estimate of drug-likeness (QED) is 0.220. The highest BCUT2D eigenvalue weighted by Crippen LogP contribution is 2.31. The van der Waals surface area contributed by atoms with E-state index in [9.17, 15) is 31.2 Å². The minimum atomic E-state index is -5.08. The smallest absolute Gasteiger partial charge is 0.475 e. The summed E-state index contributed by atoms with van der Waals surface area (Å²) in [7, 11) is -3.71. The second kappa shape index (κ2) is 13.3. The van der Waals surface area contributed by atoms with E-state index < -0.39 is 39.4 Å². The van der Waals surface area contributed by atoms with E-state index in [1.165, 1.54) is 0 Å². The molecule has 0 bridgehead atoms. The number of carbonyl (C=O) groups excluding carboxylic acids is 2. The van der Waals surface area contributed by atoms with Gasteiger partial charge < -0.3 is 15.4 Å². The van der Waals surface area contributed by atoms with E-state index in [4.69, 9.17) is 14.9 Å². The number of alkyl halides is 3. The summed E-state index contributed by atoms with van der Waals surface area (Å²) in [6.07, 6.45) is -4.38. The van der Waals surface area contributed by atoms with Gasteiger partial charge in [-0.15, -0.1) is 0 Å². The van der Waals surface area contributed by atoms with Gasteiger partial charge in [0.15, 0.2) is 0 Å². The molecule has 2 amide bonds. The number of halogens is 3. The fourth-order valence-electron chi connectivity index (χ4n) is 4.74. The molecule has 1 aromatic heterocycles. The molecule has 0 radical (unpaired) electrons. The number of nitrogens with one attached hydrogen (secondary N) is 3. The molecular formula is C30H29F3N4O6S. The van der Waals surface area contributed by atoms with Crippen LogP contribution in [0.2, 0.25) is 0 Å². The van der Waals surface area contributed by atoms with Crippen molar-refractivity contribution >= 4 is 38.8 Å². The van der Waals surface area contributed by atoms with Crippen LogP contribution in [0, 0.1) is 0 Å². The molecule has 3 aromatic carbocycles. The van der Waals surface area contributed by atoms with Gasteiger partial charge in [-0.2, -0.15) is 13.2 Å². The summed E-state index contributed by atoms with van der Waals surface area (Å²) in [5, 5.41) is 9.38. The van der Waals surface area contributed by atoms with Crippen molar-refractivity contribution in [3.8, 4) is 0 Å². The van der Waals surface area contributed by atoms with Gasteiger partial charge in [-0.25, -0.2) is 18.2 Å². The monoisotopic (exact) mass is 630 g/mol. The van der Waals surface area contributed by atoms with Crippen LogP contribution >= 0.6 is 0 Å². The van der Waals surface area contributed by atoms with E-state index in [0.29, 0.717) is 24.2 Å². The summed E-state index contributed by atoms with van der Waals surface area (Å²) in [5.74, 6) is -2.63. The van der Waals surface area contributed by atoms with Crippen LogP contribution in [0.5, 0.6) is 0 Å². The first-order chi connectivity index (χ1) is 20.7. The predicted molar refractivity (Wildman–Crippen MR) is 155 cm³/mol. The first-order valence-electron chi connectivity index (χ1n) is 13.5. The molecule has 0 aliphatic carbocycles. The van der Waals surface area contributed by atoms with Gasteiger partial charge >= 0.3 is 12.1 Å². The maximum atomic E-state index is 13.1. The molecule has 1 saturated heterocycles. The first-order valence-corrected chi connectivity index (χ1v) is 15.0. The molecule has 4 aromatic rings. The Morgan fingerprint density at radius 1 is 1.02 bits per heavy atom. The molecule has 44 heavy (non-hydrogen) atoms. The van der Waals surface area contributed by atoms with Gasteiger partial charge in [0.25, 0.3) is 0 Å². The Morgan fingerprint density at radius 2 is 1.64 bits per heavy atom. The lowest BCUT2D eigenvalue weighted by atomic mass is 9.97. The Hall–Kier alpha value is -4.72. The summed E-state index contributed by atoms with van der Waals surface area (Å²) < 4.78 is 58.2. The first kappa shape index (κ1) is 32.2. The van der Waals surface area contributed by atoms with Crippen molar-refractivity contribution < 1.29 is 41.1 Å². The number of aliphatic carboxylic acids is 1. The lowest BCUT2D eigenvalue weighted by molar-refractivity contribution is -0.192. The minimum absolute atomic E-state index is 0.0569. The molecule has 14 heteroatoms. The molecule has 232 valence electrons. The Labute approximate surface area is 250 Å². The third-order valence-corrected chi connectivity index (χ3v) is 8.67. The van der Waals surface area contributed by atoms with E-state index in [2.05, 4.69) is 10.3 Å². The number of sulfonamides is 1. The average Bonchev–Trinajstić information content (AvgIpc) is 3.52. The number of aromatic amines is 1. The molecule has 1 aliphatic rings. The maximum absolute atomic E-state index is 13.1. The molecule has 1 aliphatic heterocycles. The number of hydrogen-bond donors (Lipinski definition) is 4. The second-order valence-electron chi connectivity index (χ2n) is 10.3. The van der Waals surface area contributed by atoms with Crippen LogP contribution in [0.15, 0.2) is 78.9 Å². The van der Waals surface area contributed by atoms with Crippen molar-refractivity contribution in [3.63, 3.8) is 0 Å². The Balaban J connectivity index is 0.000000566. The fourth-order valence-corrected chi connectivity index (χ4v) is 6.16. The number of fused-ring (bicyclic) bond motifs is 1. The van der Waals surface area contributed by atoms with E-state index in [0.717, 1.165) is 22.2 Å². The van der Waals surface area contributed by atoms with Crippen molar-refractivity contribution in [1.29, 1.82) is 0 Å². The number of H-pyrrole nitrogens is 1. The number of imidazole rings is 1. The number of carboxylic acid groups (broad SMARTS) is 1. The highest BCUT2D eigenvalue weighted by Gasteiger charge is 2.38. The van der Waals surface area contributed by atoms with Crippen LogP contribution in [0.4, 0.5) is 13.2 Å². The Morgan fingerprint density at radius 3 is 2.20 bits per heavy atom. The third kappa shape index (κ3) is 8.22. The van der Waals surface area contributed by atoms with Crippen LogP contribution in [0.3, 0.4) is 0 Å². The normalized spacial score (nSPS) is 17.2. The highest BCUT2D eigenvalue weighted by molar-refractivity contribution is 7.90. The number of para-hydroxylation sites is 2. The number of amides is 2. The lowest BCUT2D eigenvalue weighted by Crippen LogP contribution is -2.31. The van der Waals surface area contributed by atoms with Gasteiger partial charge in [0, 0.05) is 6.42 Å². The minimum Gasteiger partial charge on any atom is -0.475 e. The average molecular weight is 631 g/mol. The number of rotatable bonds is 8. The number of carbonyl (C=O) groups is 3. The number of hydrogen-bond acceptors (Lipinski definition) is 6. The zero-order valence-corrected chi connectivity index (χ0v) is 24.2. The second-order valence-corrected chi connectivity index (χ2v) is 12.1. The fraction of sp³-hybridized carbons (Fsp3) is 0.267. The van der Waals surface area contributed by atoms with Gasteiger partial charge in [0.2, 0.25) is 21.8 Å². The SMILES string of the molecule is CC(CC(=O)N[C@@H](Cc1ccc(C2CC(=O)NS2(=O)=O)cc1)c1nc2ccccc2[nH]1)c1ccccc1.O=C(O)C(F)(F)F. The molecular weight excluding hydrogens is 601 g/mol. The molecule has 4 N–H and O–H groups in total. The zero-order valence-electron chi connectivity index (χ0n) is 23.3. The Kier molecular flexibility index (Phi) is 9.72. The molecule has 2 heterocycles. The predicted octanol–water partition coefficient (Wildman–Crippen LogP) is 4.68. The number of carboxylic acids is 1. The maximum Gasteiger partial charge on any atom is 0.490 e. The molecule has 0 saturated carbocycles. The van der Waals surface area contributed by atoms with Gasteiger partial charge in [-0.3, -0.25) is 14.3 Å². The van der Waals surface area contributed by atoms with Crippen LogP contribution in [-0.4, -0.2) is 47.5 Å². The van der Waals surface area contributed by atoms with Gasteiger partial charge in [0.1, 0.15) is 11.1 Å². The van der Waals surface area contributed by atoms with E-state index in [1.54, 1.807) is 12.1 Å². The van der Waals surface area contributed by atoms with Crippen molar-refractivity contribution in [3.05, 3.63) is 101 Å². The topological polar surface area (TPSA) is 158 Å². The Bertz CT molecular complexity index is 1710. The lowest BCUT2D eigenvalue weighted by Gasteiger charge is -2.19. The number of nitrogens with zero attached hydrogens (tertiary/aromatic N) is 1. The van der Waals surface area contributed by atoms with Crippen molar-refractivity contribution in [2.45, 2.75) is 49.6 Å². The summed E-state index contributed by atoms with van der Waals surface area (Å²) in [6.45, 7) is 2.03. The number of benzene rings is 3. The van der Waals surface area contributed by atoms with Crippen LogP contribution in [-0.2, 0) is 30.8 Å². The van der Waals surface area contributed by atoms with E-state index >= 15 is 0 Å². The molecule has 0 spiro atoms. The molecule has 1 fully saturated rings. The molecule has 5 rings (SSSR count). The van der Waals surface area contributed by atoms with E-state index in [1.807, 2.05) is 78.4 Å². The standard InChI is InChI=1S/C28H28N4O4S.C2HF3O2/c1-18(20-7-3-2-4-8-20)15-26(33)29-24(28-30-22-9-5-6-10-23(22)31-28)16-19-11-13-21(14-12-19)25-17-27(34)32-37(25,35)36;3-2(4,5)1(6)7/h2-14,18,24-25H,15-17H2,1H3,(H,29,33)(H,30,31)(H,32,34);(H,6,7)/t18?,24-,25?;/m0./s1. The summed E-state index contributed by atoms with van der Waals surface area (Å²) in [4.78, 5) is 41.6. The highest BCUT2D eigenvalue weighted by atomic mass is 32.2. The summed E-state index contributed by atoms with van der Waals surface area (Å²) in [6, 6.07) is 24.3. The van der Waals surface area contributed by atoms with Gasteiger partial charge in [0.05, 0.1) is 23.5 Å². The number of aromatic nitrogens is 2. The van der Waals surface area contributed by atoms with E-state index in [-0.39, 0.29) is 18.2 Å². The summed E-state index contributed by atoms with van der Waals surface area (Å²) >= 11 is 0. The largest absolute Gasteiger partial charge is 0.490 e. The molecule has 2 unspecified atom stereocenters. The van der Waals surface area contributed by atoms with Crippen molar-refractivity contribution in [2.24, 2.45) is 0 Å².